The molecule has 0 radical (unpaired) electrons. The van der Waals surface area contributed by atoms with Crippen LogP contribution in [-0.4, -0.2) is 6.61 Å². The van der Waals surface area contributed by atoms with Crippen LogP contribution in [0.2, 0.25) is 0 Å². The minimum atomic E-state index is 0.592. The van der Waals surface area contributed by atoms with Gasteiger partial charge in [-0.1, -0.05) is 19.9 Å². The van der Waals surface area contributed by atoms with Gasteiger partial charge in [-0.05, 0) is 54.9 Å². The lowest BCUT2D eigenvalue weighted by Gasteiger charge is -2.11. The maximum absolute atomic E-state index is 5.77. The van der Waals surface area contributed by atoms with Crippen molar-refractivity contribution >= 4 is 0 Å². The van der Waals surface area contributed by atoms with Gasteiger partial charge in [0.1, 0.15) is 5.75 Å². The lowest BCUT2D eigenvalue weighted by atomic mass is 10.1. The van der Waals surface area contributed by atoms with Gasteiger partial charge in [-0.3, -0.25) is 0 Å². The van der Waals surface area contributed by atoms with Crippen LogP contribution in [0.1, 0.15) is 43.7 Å². The second kappa shape index (κ2) is 4.26. The van der Waals surface area contributed by atoms with E-state index in [0.717, 1.165) is 18.3 Å². The van der Waals surface area contributed by atoms with Crippen LogP contribution in [0.5, 0.6) is 5.75 Å². The number of aryl methyl sites for hydroxylation is 1. The maximum atomic E-state index is 5.77. The van der Waals surface area contributed by atoms with Crippen LogP contribution in [0.15, 0.2) is 18.2 Å². The van der Waals surface area contributed by atoms with E-state index in [4.69, 9.17) is 4.74 Å². The highest BCUT2D eigenvalue weighted by Gasteiger charge is 2.24. The van der Waals surface area contributed by atoms with E-state index in [9.17, 15) is 0 Å². The summed E-state index contributed by atoms with van der Waals surface area (Å²) in [5.41, 5.74) is 2.78. The summed E-state index contributed by atoms with van der Waals surface area (Å²) in [6, 6.07) is 6.64. The Morgan fingerprint density at radius 1 is 1.27 bits per heavy atom. The van der Waals surface area contributed by atoms with Crippen LogP contribution in [0.3, 0.4) is 0 Å². The van der Waals surface area contributed by atoms with Gasteiger partial charge in [-0.25, -0.2) is 0 Å². The van der Waals surface area contributed by atoms with Gasteiger partial charge in [-0.2, -0.15) is 0 Å². The highest BCUT2D eigenvalue weighted by Crippen LogP contribution is 2.41. The largest absolute Gasteiger partial charge is 0.493 e. The van der Waals surface area contributed by atoms with Gasteiger partial charge in [-0.15, -0.1) is 0 Å². The van der Waals surface area contributed by atoms with E-state index >= 15 is 0 Å². The van der Waals surface area contributed by atoms with Crippen molar-refractivity contribution in [2.24, 2.45) is 5.92 Å². The first kappa shape index (κ1) is 10.5. The van der Waals surface area contributed by atoms with Gasteiger partial charge in [0.05, 0.1) is 6.61 Å². The van der Waals surface area contributed by atoms with Crippen LogP contribution in [-0.2, 0) is 0 Å². The van der Waals surface area contributed by atoms with Gasteiger partial charge >= 0.3 is 0 Å². The molecule has 0 N–H and O–H groups in total. The third-order valence-corrected chi connectivity index (χ3v) is 2.71. The molecule has 0 unspecified atom stereocenters. The smallest absolute Gasteiger partial charge is 0.119 e. The van der Waals surface area contributed by atoms with Crippen LogP contribution in [0.25, 0.3) is 0 Å². The molecule has 1 saturated carbocycles. The fraction of sp³-hybridized carbons (Fsp3) is 0.571. The summed E-state index contributed by atoms with van der Waals surface area (Å²) in [5.74, 6) is 2.45. The second-order valence-corrected chi connectivity index (χ2v) is 5.06. The monoisotopic (exact) mass is 204 g/mol. The fourth-order valence-corrected chi connectivity index (χ4v) is 1.78. The summed E-state index contributed by atoms with van der Waals surface area (Å²) >= 11 is 0. The van der Waals surface area contributed by atoms with E-state index in [1.165, 1.54) is 24.0 Å². The molecule has 1 heteroatoms. The van der Waals surface area contributed by atoms with Gasteiger partial charge in [0.2, 0.25) is 0 Å². The van der Waals surface area contributed by atoms with Gasteiger partial charge in [0, 0.05) is 0 Å². The Balaban J connectivity index is 2.09. The molecule has 1 aliphatic rings. The SMILES string of the molecule is Cc1cc(OCC(C)C)cc(C2CC2)c1. The maximum Gasteiger partial charge on any atom is 0.119 e. The molecule has 0 heterocycles. The molecule has 0 atom stereocenters. The molecule has 1 nitrogen and oxygen atoms in total. The molecule has 0 saturated heterocycles. The third kappa shape index (κ3) is 2.98. The molecule has 82 valence electrons. The van der Waals surface area contributed by atoms with Crippen molar-refractivity contribution in [1.29, 1.82) is 0 Å². The normalized spacial score (nSPS) is 15.7. The molecule has 0 bridgehead atoms. The lowest BCUT2D eigenvalue weighted by molar-refractivity contribution is 0.270. The molecule has 2 rings (SSSR count). The standard InChI is InChI=1S/C14H20O/c1-10(2)9-15-14-7-11(3)6-13(8-14)12-4-5-12/h6-8,10,12H,4-5,9H2,1-3H3. The van der Waals surface area contributed by atoms with Crippen molar-refractivity contribution in [3.8, 4) is 5.75 Å². The number of hydrogen-bond acceptors (Lipinski definition) is 1. The summed E-state index contributed by atoms with van der Waals surface area (Å²) in [7, 11) is 0. The van der Waals surface area contributed by atoms with Gasteiger partial charge < -0.3 is 4.74 Å². The predicted octanol–water partition coefficient (Wildman–Crippen LogP) is 3.91. The fourth-order valence-electron chi connectivity index (χ4n) is 1.78. The second-order valence-electron chi connectivity index (χ2n) is 5.06. The molecular weight excluding hydrogens is 184 g/mol. The van der Waals surface area contributed by atoms with E-state index in [0.29, 0.717) is 5.92 Å². The molecular formula is C14H20O. The highest BCUT2D eigenvalue weighted by atomic mass is 16.5. The first-order valence-corrected chi connectivity index (χ1v) is 5.89. The Morgan fingerprint density at radius 2 is 2.00 bits per heavy atom. The third-order valence-electron chi connectivity index (χ3n) is 2.71. The summed E-state index contributed by atoms with van der Waals surface area (Å²) in [6.07, 6.45) is 2.71. The minimum absolute atomic E-state index is 0.592. The molecule has 15 heavy (non-hydrogen) atoms. The summed E-state index contributed by atoms with van der Waals surface area (Å²) < 4.78 is 5.77. The summed E-state index contributed by atoms with van der Waals surface area (Å²) in [6.45, 7) is 7.32. The molecule has 0 aromatic heterocycles. The van der Waals surface area contributed by atoms with Crippen molar-refractivity contribution in [1.82, 2.24) is 0 Å². The Hall–Kier alpha value is -0.980. The van der Waals surface area contributed by atoms with Gasteiger partial charge in [0.25, 0.3) is 0 Å². The molecule has 0 amide bonds. The molecule has 0 spiro atoms. The van der Waals surface area contributed by atoms with Crippen LogP contribution in [0.4, 0.5) is 0 Å². The zero-order chi connectivity index (χ0) is 10.8. The van der Waals surface area contributed by atoms with Crippen molar-refractivity contribution < 1.29 is 4.74 Å². The molecule has 1 aliphatic carbocycles. The Kier molecular flexibility index (Phi) is 2.99. The summed E-state index contributed by atoms with van der Waals surface area (Å²) in [5, 5.41) is 0. The Labute approximate surface area is 92.5 Å². The Morgan fingerprint density at radius 3 is 2.60 bits per heavy atom. The minimum Gasteiger partial charge on any atom is -0.493 e. The van der Waals surface area contributed by atoms with Gasteiger partial charge in [0.15, 0.2) is 0 Å². The van der Waals surface area contributed by atoms with Crippen molar-refractivity contribution in [2.75, 3.05) is 6.61 Å². The number of rotatable bonds is 4. The van der Waals surface area contributed by atoms with Crippen molar-refractivity contribution in [2.45, 2.75) is 39.5 Å². The zero-order valence-corrected chi connectivity index (χ0v) is 9.92. The summed E-state index contributed by atoms with van der Waals surface area (Å²) in [4.78, 5) is 0. The quantitative estimate of drug-likeness (QED) is 0.722. The van der Waals surface area contributed by atoms with Crippen LogP contribution < -0.4 is 4.74 Å². The average Bonchev–Trinajstić information content (AvgIpc) is 2.97. The van der Waals surface area contributed by atoms with Crippen LogP contribution in [0, 0.1) is 12.8 Å². The van der Waals surface area contributed by atoms with E-state index in [2.05, 4.69) is 39.0 Å². The van der Waals surface area contributed by atoms with E-state index in [1.54, 1.807) is 0 Å². The molecule has 1 fully saturated rings. The molecule has 0 aliphatic heterocycles. The molecule has 1 aromatic rings. The highest BCUT2D eigenvalue weighted by molar-refractivity contribution is 5.37. The Bertz CT molecular complexity index is 337. The van der Waals surface area contributed by atoms with Crippen molar-refractivity contribution in [3.63, 3.8) is 0 Å². The average molecular weight is 204 g/mol. The van der Waals surface area contributed by atoms with E-state index in [-0.39, 0.29) is 0 Å². The number of ether oxygens (including phenoxy) is 1. The number of benzene rings is 1. The van der Waals surface area contributed by atoms with E-state index < -0.39 is 0 Å². The van der Waals surface area contributed by atoms with Crippen molar-refractivity contribution in [3.05, 3.63) is 29.3 Å². The lowest BCUT2D eigenvalue weighted by Crippen LogP contribution is -2.04. The van der Waals surface area contributed by atoms with Crippen LogP contribution >= 0.6 is 0 Å². The zero-order valence-electron chi connectivity index (χ0n) is 9.92. The van der Waals surface area contributed by atoms with E-state index in [1.807, 2.05) is 0 Å². The first-order valence-electron chi connectivity index (χ1n) is 5.89. The predicted molar refractivity (Wildman–Crippen MR) is 63.5 cm³/mol. The molecule has 1 aromatic carbocycles. The number of hydrogen-bond donors (Lipinski definition) is 0. The topological polar surface area (TPSA) is 9.23 Å². The first-order chi connectivity index (χ1) is 7.15.